The van der Waals surface area contributed by atoms with Crippen molar-refractivity contribution in [1.82, 2.24) is 5.32 Å². The Balaban J connectivity index is 1.61. The van der Waals surface area contributed by atoms with Crippen molar-refractivity contribution in [2.75, 3.05) is 24.3 Å². The molecule has 9 heteroatoms. The number of benzene rings is 3. The predicted octanol–water partition coefficient (Wildman–Crippen LogP) is 3.08. The van der Waals surface area contributed by atoms with Gasteiger partial charge in [-0.3, -0.25) is 4.72 Å². The van der Waals surface area contributed by atoms with Gasteiger partial charge in [-0.05, 0) is 47.9 Å². The third kappa shape index (κ3) is 5.05. The number of rotatable bonds is 8. The molecule has 0 saturated heterocycles. The van der Waals surface area contributed by atoms with Gasteiger partial charge in [0.2, 0.25) is 16.8 Å². The number of phenols is 1. The molecule has 4 rings (SSSR count). The van der Waals surface area contributed by atoms with Crippen LogP contribution in [-0.2, 0) is 15.6 Å². The average Bonchev–Trinajstić information content (AvgIpc) is 3.26. The fraction of sp³-hybridized carbons (Fsp3) is 0.250. The van der Waals surface area contributed by atoms with E-state index in [1.807, 2.05) is 55.5 Å². The third-order valence-electron chi connectivity index (χ3n) is 5.65. The number of hydrogen-bond acceptors (Lipinski definition) is 7. The number of aliphatic hydroxyl groups is 1. The summed E-state index contributed by atoms with van der Waals surface area (Å²) in [6.45, 7) is 2.35. The number of anilines is 1. The minimum atomic E-state index is -3.58. The number of sulfonamides is 1. The van der Waals surface area contributed by atoms with Crippen LogP contribution in [0.2, 0.25) is 0 Å². The fourth-order valence-electron chi connectivity index (χ4n) is 3.81. The van der Waals surface area contributed by atoms with E-state index < -0.39 is 21.7 Å². The minimum absolute atomic E-state index is 0.00985. The molecule has 8 nitrogen and oxygen atoms in total. The molecule has 0 amide bonds. The van der Waals surface area contributed by atoms with Gasteiger partial charge in [0, 0.05) is 6.54 Å². The van der Waals surface area contributed by atoms with E-state index in [0.717, 1.165) is 17.4 Å². The van der Waals surface area contributed by atoms with Gasteiger partial charge < -0.3 is 25.0 Å². The van der Waals surface area contributed by atoms with Crippen LogP contribution < -0.4 is 19.5 Å². The molecule has 0 bridgehead atoms. The number of ether oxygens (including phenoxy) is 2. The first-order valence-corrected chi connectivity index (χ1v) is 12.2. The summed E-state index contributed by atoms with van der Waals surface area (Å²) in [7, 11) is -3.58. The van der Waals surface area contributed by atoms with Crippen molar-refractivity contribution in [2.24, 2.45) is 0 Å². The van der Waals surface area contributed by atoms with Gasteiger partial charge in [0.25, 0.3) is 0 Å². The SMILES string of the molecule is CC(NCC(O)c1ccc(O)c(NS(C)(=O)=O)c1)(c1ccccc1)c1ccc2c(c1)OCO2. The highest BCUT2D eigenvalue weighted by Crippen LogP contribution is 2.38. The molecule has 0 radical (unpaired) electrons. The highest BCUT2D eigenvalue weighted by molar-refractivity contribution is 7.92. The fourth-order valence-corrected chi connectivity index (χ4v) is 4.37. The first-order chi connectivity index (χ1) is 15.7. The van der Waals surface area contributed by atoms with Crippen molar-refractivity contribution < 1.29 is 28.1 Å². The molecular weight excluding hydrogens is 444 g/mol. The minimum Gasteiger partial charge on any atom is -0.506 e. The topological polar surface area (TPSA) is 117 Å². The zero-order chi connectivity index (χ0) is 23.6. The van der Waals surface area contributed by atoms with Gasteiger partial charge in [0.15, 0.2) is 11.5 Å². The molecule has 0 saturated carbocycles. The Kier molecular flexibility index (Phi) is 6.20. The van der Waals surface area contributed by atoms with Gasteiger partial charge >= 0.3 is 0 Å². The van der Waals surface area contributed by atoms with Gasteiger partial charge in [0.05, 0.1) is 23.6 Å². The molecule has 1 heterocycles. The van der Waals surface area contributed by atoms with Gasteiger partial charge in [-0.2, -0.15) is 0 Å². The quantitative estimate of drug-likeness (QED) is 0.374. The maximum atomic E-state index is 11.6. The summed E-state index contributed by atoms with van der Waals surface area (Å²) in [4.78, 5) is 0. The summed E-state index contributed by atoms with van der Waals surface area (Å²) >= 11 is 0. The van der Waals surface area contributed by atoms with Crippen molar-refractivity contribution in [1.29, 1.82) is 0 Å². The van der Waals surface area contributed by atoms with Crippen LogP contribution in [0.5, 0.6) is 17.2 Å². The van der Waals surface area contributed by atoms with E-state index in [4.69, 9.17) is 9.47 Å². The average molecular weight is 471 g/mol. The van der Waals surface area contributed by atoms with Gasteiger partial charge in [-0.1, -0.05) is 42.5 Å². The van der Waals surface area contributed by atoms with Crippen LogP contribution >= 0.6 is 0 Å². The number of phenolic OH excluding ortho intramolecular Hbond substituents is 1. The second-order valence-corrected chi connectivity index (χ2v) is 9.86. The largest absolute Gasteiger partial charge is 0.506 e. The first kappa shape index (κ1) is 22.9. The summed E-state index contributed by atoms with van der Waals surface area (Å²) in [6, 6.07) is 19.9. The molecule has 3 aromatic rings. The number of aromatic hydroxyl groups is 1. The van der Waals surface area contributed by atoms with Crippen LogP contribution in [0.4, 0.5) is 5.69 Å². The first-order valence-electron chi connectivity index (χ1n) is 10.4. The summed E-state index contributed by atoms with van der Waals surface area (Å²) in [5.41, 5.74) is 1.70. The van der Waals surface area contributed by atoms with Crippen molar-refractivity contribution in [3.63, 3.8) is 0 Å². The Bertz CT molecular complexity index is 1250. The Labute approximate surface area is 192 Å². The lowest BCUT2D eigenvalue weighted by molar-refractivity contribution is 0.163. The van der Waals surface area contributed by atoms with Crippen LogP contribution in [0.25, 0.3) is 0 Å². The lowest BCUT2D eigenvalue weighted by Crippen LogP contribution is -2.42. The predicted molar refractivity (Wildman–Crippen MR) is 125 cm³/mol. The molecular formula is C24H26N2O6S. The Morgan fingerprint density at radius 1 is 1.00 bits per heavy atom. The van der Waals surface area contributed by atoms with E-state index in [-0.39, 0.29) is 24.8 Å². The molecule has 2 unspecified atom stereocenters. The molecule has 0 aromatic heterocycles. The molecule has 33 heavy (non-hydrogen) atoms. The maximum Gasteiger partial charge on any atom is 0.231 e. The third-order valence-corrected chi connectivity index (χ3v) is 6.24. The molecule has 1 aliphatic rings. The maximum absolute atomic E-state index is 11.6. The van der Waals surface area contributed by atoms with Crippen LogP contribution in [0, 0.1) is 0 Å². The molecule has 1 aliphatic heterocycles. The van der Waals surface area contributed by atoms with E-state index >= 15 is 0 Å². The lowest BCUT2D eigenvalue weighted by atomic mass is 9.84. The van der Waals surface area contributed by atoms with Crippen LogP contribution in [0.15, 0.2) is 66.7 Å². The second-order valence-electron chi connectivity index (χ2n) is 8.11. The van der Waals surface area contributed by atoms with Gasteiger partial charge in [-0.25, -0.2) is 8.42 Å². The normalized spacial score (nSPS) is 15.6. The van der Waals surface area contributed by atoms with Gasteiger partial charge in [0.1, 0.15) is 5.75 Å². The van der Waals surface area contributed by atoms with E-state index in [1.165, 1.54) is 12.1 Å². The zero-order valence-corrected chi connectivity index (χ0v) is 19.1. The number of nitrogens with one attached hydrogen (secondary N) is 2. The highest BCUT2D eigenvalue weighted by atomic mass is 32.2. The van der Waals surface area contributed by atoms with Crippen molar-refractivity contribution >= 4 is 15.7 Å². The molecule has 4 N–H and O–H groups in total. The lowest BCUT2D eigenvalue weighted by Gasteiger charge is -2.33. The summed E-state index contributed by atoms with van der Waals surface area (Å²) in [5.74, 6) is 1.12. The van der Waals surface area contributed by atoms with Crippen molar-refractivity contribution in [3.05, 3.63) is 83.4 Å². The smallest absolute Gasteiger partial charge is 0.231 e. The molecule has 2 atom stereocenters. The van der Waals surface area contributed by atoms with E-state index in [1.54, 1.807) is 6.07 Å². The highest BCUT2D eigenvalue weighted by Gasteiger charge is 2.31. The van der Waals surface area contributed by atoms with Gasteiger partial charge in [-0.15, -0.1) is 0 Å². The van der Waals surface area contributed by atoms with E-state index in [0.29, 0.717) is 17.1 Å². The standard InChI is InChI=1S/C24H26N2O6S/c1-24(17-6-4-3-5-7-17,18-9-11-22-23(13-18)32-15-31-22)25-14-21(28)16-8-10-20(27)19(12-16)26-33(2,29)30/h3-13,21,25-28H,14-15H2,1-2H3. The summed E-state index contributed by atoms with van der Waals surface area (Å²) in [6.07, 6.45) is 0.0241. The number of hydrogen-bond donors (Lipinski definition) is 4. The Morgan fingerprint density at radius 2 is 1.73 bits per heavy atom. The molecule has 3 aromatic carbocycles. The number of fused-ring (bicyclic) bond motifs is 1. The van der Waals surface area contributed by atoms with Crippen molar-refractivity contribution in [2.45, 2.75) is 18.6 Å². The van der Waals surface area contributed by atoms with Crippen molar-refractivity contribution in [3.8, 4) is 17.2 Å². The number of aliphatic hydroxyl groups excluding tert-OH is 1. The molecule has 0 fully saturated rings. The molecule has 0 spiro atoms. The van der Waals surface area contributed by atoms with E-state index in [2.05, 4.69) is 10.0 Å². The Morgan fingerprint density at radius 3 is 2.45 bits per heavy atom. The van der Waals surface area contributed by atoms with Crippen LogP contribution in [-0.4, -0.2) is 38.2 Å². The van der Waals surface area contributed by atoms with Crippen LogP contribution in [0.1, 0.15) is 29.7 Å². The second kappa shape index (κ2) is 8.93. The molecule has 174 valence electrons. The Hall–Kier alpha value is -3.27. The summed E-state index contributed by atoms with van der Waals surface area (Å²) in [5, 5.41) is 24.3. The zero-order valence-electron chi connectivity index (χ0n) is 18.3. The van der Waals surface area contributed by atoms with E-state index in [9.17, 15) is 18.6 Å². The monoisotopic (exact) mass is 470 g/mol. The molecule has 0 aliphatic carbocycles. The summed E-state index contributed by atoms with van der Waals surface area (Å²) < 4.78 is 36.4. The van der Waals surface area contributed by atoms with Crippen LogP contribution in [0.3, 0.4) is 0 Å².